The van der Waals surface area contributed by atoms with Crippen LogP contribution in [0.3, 0.4) is 0 Å². The van der Waals surface area contributed by atoms with Gasteiger partial charge >= 0.3 is 0 Å². The first-order chi connectivity index (χ1) is 8.72. The minimum absolute atomic E-state index is 0.128. The van der Waals surface area contributed by atoms with E-state index in [1.54, 1.807) is 6.07 Å². The number of fused-ring (bicyclic) bond motifs is 1. The molecule has 1 N–H and O–H groups in total. The second-order valence-electron chi connectivity index (χ2n) is 4.90. The van der Waals surface area contributed by atoms with Crippen molar-refractivity contribution in [3.05, 3.63) is 24.0 Å². The van der Waals surface area contributed by atoms with E-state index < -0.39 is 0 Å². The summed E-state index contributed by atoms with van der Waals surface area (Å²) in [6, 6.07) is 5.55. The Hall–Kier alpha value is -1.55. The molecule has 1 aliphatic rings. The van der Waals surface area contributed by atoms with Gasteiger partial charge in [-0.3, -0.25) is 0 Å². The molecule has 2 aromatic rings. The van der Waals surface area contributed by atoms with Crippen molar-refractivity contribution in [2.24, 2.45) is 0 Å². The van der Waals surface area contributed by atoms with E-state index in [9.17, 15) is 5.11 Å². The molecule has 2 unspecified atom stereocenters. The summed E-state index contributed by atoms with van der Waals surface area (Å²) in [6.45, 7) is 1.90. The van der Waals surface area contributed by atoms with E-state index in [1.807, 2.05) is 19.1 Å². The van der Waals surface area contributed by atoms with Crippen LogP contribution < -0.4 is 4.74 Å². The number of hydrogen-bond donors (Lipinski definition) is 1. The normalized spacial score (nSPS) is 24.3. The van der Waals surface area contributed by atoms with E-state index >= 15 is 0 Å². The van der Waals surface area contributed by atoms with Gasteiger partial charge < -0.3 is 14.3 Å². The van der Waals surface area contributed by atoms with Gasteiger partial charge in [0.2, 0.25) is 5.88 Å². The molecular formula is C14H17NO3. The third-order valence-corrected chi connectivity index (χ3v) is 3.41. The lowest BCUT2D eigenvalue weighted by atomic mass is 9.95. The molecule has 1 fully saturated rings. The summed E-state index contributed by atoms with van der Waals surface area (Å²) in [5.74, 6) is 1.40. The number of nitrogens with zero attached hydrogens (tertiary/aromatic N) is 1. The number of hydrogen-bond acceptors (Lipinski definition) is 4. The number of aliphatic hydroxyl groups excluding tert-OH is 1. The van der Waals surface area contributed by atoms with Crippen LogP contribution in [0.5, 0.6) is 5.88 Å². The molecule has 3 rings (SSSR count). The molecule has 18 heavy (non-hydrogen) atoms. The molecular weight excluding hydrogens is 230 g/mol. The minimum atomic E-state index is -0.373. The van der Waals surface area contributed by atoms with Crippen LogP contribution >= 0.6 is 0 Å². The predicted molar refractivity (Wildman–Crippen MR) is 67.6 cm³/mol. The summed E-state index contributed by atoms with van der Waals surface area (Å²) in [5.41, 5.74) is 1.57. The van der Waals surface area contributed by atoms with Gasteiger partial charge in [-0.25, -0.2) is 4.98 Å². The molecule has 96 valence electrons. The Morgan fingerprint density at radius 2 is 2.17 bits per heavy atom. The van der Waals surface area contributed by atoms with Gasteiger partial charge in [-0.1, -0.05) is 6.42 Å². The van der Waals surface area contributed by atoms with Gasteiger partial charge in [-0.05, 0) is 32.3 Å². The molecule has 2 heterocycles. The fourth-order valence-electron chi connectivity index (χ4n) is 2.46. The van der Waals surface area contributed by atoms with Crippen molar-refractivity contribution >= 4 is 11.1 Å². The van der Waals surface area contributed by atoms with Crippen molar-refractivity contribution in [1.29, 1.82) is 0 Å². The number of aliphatic hydroxyl groups is 1. The zero-order valence-electron chi connectivity index (χ0n) is 10.4. The number of pyridine rings is 1. The maximum atomic E-state index is 9.88. The van der Waals surface area contributed by atoms with Gasteiger partial charge in [-0.2, -0.15) is 0 Å². The molecule has 2 aromatic heterocycles. The Labute approximate surface area is 106 Å². The maximum Gasteiger partial charge on any atom is 0.214 e. The van der Waals surface area contributed by atoms with Crippen LogP contribution in [0.25, 0.3) is 11.1 Å². The molecule has 2 atom stereocenters. The van der Waals surface area contributed by atoms with Crippen LogP contribution in [-0.2, 0) is 0 Å². The summed E-state index contributed by atoms with van der Waals surface area (Å²) < 4.78 is 11.2. The van der Waals surface area contributed by atoms with E-state index in [4.69, 9.17) is 9.15 Å². The monoisotopic (exact) mass is 247 g/mol. The van der Waals surface area contributed by atoms with Crippen LogP contribution in [0.4, 0.5) is 0 Å². The quantitative estimate of drug-likeness (QED) is 0.886. The topological polar surface area (TPSA) is 55.5 Å². The predicted octanol–water partition coefficient (Wildman–Crippen LogP) is 2.82. The second-order valence-corrected chi connectivity index (χ2v) is 4.90. The van der Waals surface area contributed by atoms with Crippen molar-refractivity contribution < 1.29 is 14.3 Å². The summed E-state index contributed by atoms with van der Waals surface area (Å²) >= 11 is 0. The lowest BCUT2D eigenvalue weighted by Gasteiger charge is -2.27. The van der Waals surface area contributed by atoms with E-state index in [1.165, 1.54) is 0 Å². The first-order valence-electron chi connectivity index (χ1n) is 6.44. The fraction of sp³-hybridized carbons (Fsp3) is 0.500. The zero-order valence-corrected chi connectivity index (χ0v) is 10.4. The number of furan rings is 1. The van der Waals surface area contributed by atoms with Crippen molar-refractivity contribution in [3.63, 3.8) is 0 Å². The molecule has 0 spiro atoms. The van der Waals surface area contributed by atoms with Gasteiger partial charge in [0.1, 0.15) is 17.4 Å². The van der Waals surface area contributed by atoms with Crippen LogP contribution in [0, 0.1) is 6.92 Å². The van der Waals surface area contributed by atoms with Crippen molar-refractivity contribution in [1.82, 2.24) is 4.98 Å². The van der Waals surface area contributed by atoms with E-state index in [0.29, 0.717) is 5.88 Å². The second kappa shape index (κ2) is 4.61. The SMILES string of the molecule is Cc1cc2nc(OC3CCCCC3O)ccc2o1. The molecule has 0 aromatic carbocycles. The minimum Gasteiger partial charge on any atom is -0.472 e. The zero-order chi connectivity index (χ0) is 12.5. The summed E-state index contributed by atoms with van der Waals surface area (Å²) in [7, 11) is 0. The third-order valence-electron chi connectivity index (χ3n) is 3.41. The molecule has 0 aliphatic heterocycles. The molecule has 0 radical (unpaired) electrons. The Morgan fingerprint density at radius 1 is 1.33 bits per heavy atom. The lowest BCUT2D eigenvalue weighted by molar-refractivity contribution is 0.00468. The highest BCUT2D eigenvalue weighted by molar-refractivity contribution is 5.73. The highest BCUT2D eigenvalue weighted by atomic mass is 16.5. The van der Waals surface area contributed by atoms with Crippen LogP contribution in [0.2, 0.25) is 0 Å². The van der Waals surface area contributed by atoms with E-state index in [0.717, 1.165) is 42.5 Å². The number of ether oxygens (including phenoxy) is 1. The Bertz CT molecular complexity index is 549. The average Bonchev–Trinajstić information content (AvgIpc) is 2.71. The molecule has 0 bridgehead atoms. The molecule has 1 aliphatic carbocycles. The largest absolute Gasteiger partial charge is 0.472 e. The van der Waals surface area contributed by atoms with Crippen molar-refractivity contribution in [3.8, 4) is 5.88 Å². The molecule has 0 saturated heterocycles. The third kappa shape index (κ3) is 2.20. The van der Waals surface area contributed by atoms with Gasteiger partial charge in [0.15, 0.2) is 5.58 Å². The molecule has 4 nitrogen and oxygen atoms in total. The Morgan fingerprint density at radius 3 is 3.00 bits per heavy atom. The van der Waals surface area contributed by atoms with Crippen molar-refractivity contribution in [2.45, 2.75) is 44.8 Å². The first-order valence-corrected chi connectivity index (χ1v) is 6.44. The van der Waals surface area contributed by atoms with Crippen LogP contribution in [-0.4, -0.2) is 22.3 Å². The van der Waals surface area contributed by atoms with Gasteiger partial charge in [-0.15, -0.1) is 0 Å². The smallest absolute Gasteiger partial charge is 0.214 e. The summed E-state index contributed by atoms with van der Waals surface area (Å²) in [4.78, 5) is 4.40. The number of aryl methyl sites for hydroxylation is 1. The standard InChI is InChI=1S/C14H17NO3/c1-9-8-10-12(17-9)6-7-14(15-10)18-13-5-3-2-4-11(13)16/h6-8,11,13,16H,2-5H2,1H3. The summed E-state index contributed by atoms with van der Waals surface area (Å²) in [6.07, 6.45) is 3.39. The Kier molecular flexibility index (Phi) is 2.96. The number of aromatic nitrogens is 1. The van der Waals surface area contributed by atoms with Crippen molar-refractivity contribution in [2.75, 3.05) is 0 Å². The van der Waals surface area contributed by atoms with E-state index in [2.05, 4.69) is 4.98 Å². The first kappa shape index (κ1) is 11.5. The van der Waals surface area contributed by atoms with Gasteiger partial charge in [0, 0.05) is 12.1 Å². The highest BCUT2D eigenvalue weighted by Crippen LogP contribution is 2.25. The van der Waals surface area contributed by atoms with E-state index in [-0.39, 0.29) is 12.2 Å². The molecule has 0 amide bonds. The average molecular weight is 247 g/mol. The highest BCUT2D eigenvalue weighted by Gasteiger charge is 2.25. The van der Waals surface area contributed by atoms with Gasteiger partial charge in [0.05, 0.1) is 6.10 Å². The fourth-order valence-corrected chi connectivity index (χ4v) is 2.46. The summed E-state index contributed by atoms with van der Waals surface area (Å²) in [5, 5.41) is 9.88. The maximum absolute atomic E-state index is 9.88. The number of rotatable bonds is 2. The molecule has 1 saturated carbocycles. The van der Waals surface area contributed by atoms with Crippen LogP contribution in [0.1, 0.15) is 31.4 Å². The van der Waals surface area contributed by atoms with Crippen LogP contribution in [0.15, 0.2) is 22.6 Å². The lowest BCUT2D eigenvalue weighted by Crippen LogP contribution is -2.34. The molecule has 4 heteroatoms. The Balaban J connectivity index is 1.81. The van der Waals surface area contributed by atoms with Gasteiger partial charge in [0.25, 0.3) is 0 Å².